The van der Waals surface area contributed by atoms with E-state index in [1.54, 1.807) is 0 Å². The molecular formula is C47H35N. The van der Waals surface area contributed by atoms with Crippen LogP contribution in [0, 0.1) is 6.92 Å². The molecule has 0 N–H and O–H groups in total. The Bertz CT molecular complexity index is 2540. The van der Waals surface area contributed by atoms with Gasteiger partial charge in [0.25, 0.3) is 0 Å². The lowest BCUT2D eigenvalue weighted by Gasteiger charge is -2.21. The minimum atomic E-state index is 1.04. The lowest BCUT2D eigenvalue weighted by Crippen LogP contribution is -2.31. The van der Waals surface area contributed by atoms with Crippen LogP contribution < -0.4 is 10.4 Å². The predicted octanol–water partition coefficient (Wildman–Crippen LogP) is 11.1. The van der Waals surface area contributed by atoms with Crippen molar-refractivity contribution in [3.8, 4) is 50.5 Å². The fourth-order valence-corrected chi connectivity index (χ4v) is 7.80. The molecule has 8 aromatic rings. The van der Waals surface area contributed by atoms with Crippen molar-refractivity contribution in [2.75, 3.05) is 0 Å². The molecule has 0 unspecified atom stereocenters. The molecule has 0 saturated carbocycles. The Labute approximate surface area is 281 Å². The number of benzene rings is 7. The smallest absolute Gasteiger partial charge is 0.0535 e. The predicted molar refractivity (Wildman–Crippen MR) is 205 cm³/mol. The van der Waals surface area contributed by atoms with E-state index in [9.17, 15) is 0 Å². The van der Waals surface area contributed by atoms with Gasteiger partial charge in [0, 0.05) is 5.69 Å². The van der Waals surface area contributed by atoms with Crippen LogP contribution >= 0.6 is 0 Å². The van der Waals surface area contributed by atoms with Crippen LogP contribution in [-0.2, 0) is 0 Å². The van der Waals surface area contributed by atoms with Gasteiger partial charge >= 0.3 is 0 Å². The van der Waals surface area contributed by atoms with Gasteiger partial charge in [-0.2, -0.15) is 0 Å². The highest BCUT2D eigenvalue weighted by Crippen LogP contribution is 2.39. The SMILES string of the molecule is Cc1ccccc1-c1c2c(c(-c3cccc4ccccc34)c3cc(-n4c(-c5ccccc5)ccc4-c4ccccc4)ccc13)=CCCC=2. The molecule has 1 aromatic heterocycles. The van der Waals surface area contributed by atoms with Crippen LogP contribution in [0.2, 0.25) is 0 Å². The lowest BCUT2D eigenvalue weighted by atomic mass is 9.84. The molecule has 228 valence electrons. The average Bonchev–Trinajstić information content (AvgIpc) is 3.60. The van der Waals surface area contributed by atoms with Crippen LogP contribution in [0.15, 0.2) is 158 Å². The van der Waals surface area contributed by atoms with Gasteiger partial charge in [0.2, 0.25) is 0 Å². The third-order valence-electron chi connectivity index (χ3n) is 9.99. The van der Waals surface area contributed by atoms with E-state index in [2.05, 4.69) is 181 Å². The first kappa shape index (κ1) is 28.3. The van der Waals surface area contributed by atoms with Gasteiger partial charge in [0.15, 0.2) is 0 Å². The summed E-state index contributed by atoms with van der Waals surface area (Å²) in [5.74, 6) is 0. The molecule has 1 aliphatic carbocycles. The monoisotopic (exact) mass is 613 g/mol. The Hall–Kier alpha value is -5.92. The first-order valence-corrected chi connectivity index (χ1v) is 16.9. The van der Waals surface area contributed by atoms with Gasteiger partial charge in [-0.15, -0.1) is 0 Å². The lowest BCUT2D eigenvalue weighted by molar-refractivity contribution is 1.10. The molecule has 1 nitrogen and oxygen atoms in total. The number of fused-ring (bicyclic) bond motifs is 3. The van der Waals surface area contributed by atoms with Gasteiger partial charge in [0.05, 0.1) is 11.4 Å². The topological polar surface area (TPSA) is 4.93 Å². The summed E-state index contributed by atoms with van der Waals surface area (Å²) >= 11 is 0. The van der Waals surface area contributed by atoms with Crippen molar-refractivity contribution >= 4 is 33.7 Å². The summed E-state index contributed by atoms with van der Waals surface area (Å²) in [6.07, 6.45) is 7.05. The van der Waals surface area contributed by atoms with Crippen LogP contribution in [0.25, 0.3) is 84.2 Å². The summed E-state index contributed by atoms with van der Waals surface area (Å²) in [5.41, 5.74) is 12.4. The number of aryl methyl sites for hydroxylation is 1. The van der Waals surface area contributed by atoms with E-state index in [-0.39, 0.29) is 0 Å². The quantitative estimate of drug-likeness (QED) is 0.182. The minimum Gasteiger partial charge on any atom is -0.309 e. The normalized spacial score (nSPS) is 12.4. The van der Waals surface area contributed by atoms with Gasteiger partial charge in [-0.1, -0.05) is 146 Å². The van der Waals surface area contributed by atoms with Crippen molar-refractivity contribution in [1.29, 1.82) is 0 Å². The maximum Gasteiger partial charge on any atom is 0.0535 e. The molecule has 1 heteroatoms. The molecule has 0 fully saturated rings. The Morgan fingerprint density at radius 1 is 0.438 bits per heavy atom. The van der Waals surface area contributed by atoms with Crippen molar-refractivity contribution in [3.05, 3.63) is 174 Å². The number of rotatable bonds is 5. The highest BCUT2D eigenvalue weighted by molar-refractivity contribution is 6.11. The number of aromatic nitrogens is 1. The van der Waals surface area contributed by atoms with E-state index in [1.165, 1.54) is 82.3 Å². The molecule has 48 heavy (non-hydrogen) atoms. The van der Waals surface area contributed by atoms with Crippen molar-refractivity contribution < 1.29 is 0 Å². The molecular weight excluding hydrogens is 579 g/mol. The first-order valence-electron chi connectivity index (χ1n) is 16.9. The summed E-state index contributed by atoms with van der Waals surface area (Å²) in [6.45, 7) is 2.24. The fourth-order valence-electron chi connectivity index (χ4n) is 7.80. The average molecular weight is 614 g/mol. The van der Waals surface area contributed by atoms with E-state index in [4.69, 9.17) is 0 Å². The third-order valence-corrected chi connectivity index (χ3v) is 9.99. The summed E-state index contributed by atoms with van der Waals surface area (Å²) < 4.78 is 2.44. The van der Waals surface area contributed by atoms with E-state index < -0.39 is 0 Å². The van der Waals surface area contributed by atoms with E-state index >= 15 is 0 Å². The zero-order valence-corrected chi connectivity index (χ0v) is 27.0. The molecule has 0 saturated heterocycles. The van der Waals surface area contributed by atoms with Crippen molar-refractivity contribution in [1.82, 2.24) is 4.57 Å². The number of hydrogen-bond donors (Lipinski definition) is 0. The fraction of sp³-hybridized carbons (Fsp3) is 0.0638. The van der Waals surface area contributed by atoms with Crippen molar-refractivity contribution in [3.63, 3.8) is 0 Å². The first-order chi connectivity index (χ1) is 23.8. The molecule has 0 bridgehead atoms. The second kappa shape index (κ2) is 11.7. The molecule has 0 aliphatic heterocycles. The summed E-state index contributed by atoms with van der Waals surface area (Å²) in [5, 5.41) is 7.82. The zero-order chi connectivity index (χ0) is 32.0. The second-order valence-electron chi connectivity index (χ2n) is 12.8. The standard InChI is InChI=1S/C47H35N/c1-32-15-8-10-22-37(32)46-40-24-12-13-25-41(40)47(39-26-14-21-33-16-9-11-23-38(33)39)43-31-36(27-28-42(43)46)48-44(34-17-4-2-5-18-34)29-30-45(48)35-19-6-3-7-20-35/h2-11,14-31H,12-13H2,1H3. The van der Waals surface area contributed by atoms with Crippen molar-refractivity contribution in [2.24, 2.45) is 0 Å². The van der Waals surface area contributed by atoms with Crippen LogP contribution in [0.4, 0.5) is 0 Å². The van der Waals surface area contributed by atoms with Crippen LogP contribution in [-0.4, -0.2) is 4.57 Å². The Morgan fingerprint density at radius 3 is 1.69 bits per heavy atom. The molecule has 1 aliphatic rings. The van der Waals surface area contributed by atoms with Gasteiger partial charge in [-0.25, -0.2) is 0 Å². The van der Waals surface area contributed by atoms with Gasteiger partial charge < -0.3 is 4.57 Å². The molecule has 7 aromatic carbocycles. The van der Waals surface area contributed by atoms with Crippen LogP contribution in [0.5, 0.6) is 0 Å². The Kier molecular flexibility index (Phi) is 6.91. The zero-order valence-electron chi connectivity index (χ0n) is 27.0. The van der Waals surface area contributed by atoms with Crippen LogP contribution in [0.1, 0.15) is 18.4 Å². The molecule has 0 radical (unpaired) electrons. The minimum absolute atomic E-state index is 1.04. The number of hydrogen-bond acceptors (Lipinski definition) is 0. The Balaban J connectivity index is 1.44. The molecule has 9 rings (SSSR count). The third kappa shape index (κ3) is 4.62. The highest BCUT2D eigenvalue weighted by Gasteiger charge is 2.20. The summed E-state index contributed by atoms with van der Waals surface area (Å²) in [7, 11) is 0. The second-order valence-corrected chi connectivity index (χ2v) is 12.8. The molecule has 0 atom stereocenters. The summed E-state index contributed by atoms with van der Waals surface area (Å²) in [6, 6.07) is 57.7. The van der Waals surface area contributed by atoms with Crippen LogP contribution in [0.3, 0.4) is 0 Å². The maximum absolute atomic E-state index is 2.49. The molecule has 0 spiro atoms. The van der Waals surface area contributed by atoms with Gasteiger partial charge in [0.1, 0.15) is 0 Å². The van der Waals surface area contributed by atoms with Crippen molar-refractivity contribution in [2.45, 2.75) is 19.8 Å². The number of nitrogens with zero attached hydrogens (tertiary/aromatic N) is 1. The largest absolute Gasteiger partial charge is 0.309 e. The Morgan fingerprint density at radius 2 is 1.00 bits per heavy atom. The highest BCUT2D eigenvalue weighted by atomic mass is 15.0. The molecule has 1 heterocycles. The molecule has 0 amide bonds. The van der Waals surface area contributed by atoms with Gasteiger partial charge in [-0.3, -0.25) is 0 Å². The van der Waals surface area contributed by atoms with E-state index in [0.29, 0.717) is 0 Å². The van der Waals surface area contributed by atoms with E-state index in [1.807, 2.05) is 0 Å². The maximum atomic E-state index is 2.49. The van der Waals surface area contributed by atoms with Gasteiger partial charge in [-0.05, 0) is 115 Å². The summed E-state index contributed by atoms with van der Waals surface area (Å²) in [4.78, 5) is 0. The van der Waals surface area contributed by atoms with E-state index in [0.717, 1.165) is 18.5 Å².